The molecule has 0 aliphatic heterocycles. The topological polar surface area (TPSA) is 90.7 Å². The number of rotatable bonds is 6. The van der Waals surface area contributed by atoms with Gasteiger partial charge in [0, 0.05) is 7.11 Å². The third-order valence-corrected chi connectivity index (χ3v) is 3.24. The summed E-state index contributed by atoms with van der Waals surface area (Å²) < 4.78 is 10.2. The van der Waals surface area contributed by atoms with E-state index in [9.17, 15) is 14.9 Å². The molecular weight excluding hydrogens is 300 g/mol. The third kappa shape index (κ3) is 3.83. The number of anilines is 1. The lowest BCUT2D eigenvalue weighted by Crippen LogP contribution is -2.23. The van der Waals surface area contributed by atoms with Crippen LogP contribution in [-0.2, 0) is 9.53 Å². The van der Waals surface area contributed by atoms with Crippen LogP contribution in [0.2, 0.25) is 0 Å². The molecule has 0 saturated heterocycles. The van der Waals surface area contributed by atoms with Gasteiger partial charge in [0.1, 0.15) is 11.4 Å². The molecule has 0 saturated carbocycles. The molecule has 0 aliphatic carbocycles. The second-order valence-corrected chi connectivity index (χ2v) is 4.66. The maximum Gasteiger partial charge on any atom is 0.296 e. The second-order valence-electron chi connectivity index (χ2n) is 4.66. The van der Waals surface area contributed by atoms with E-state index in [1.807, 2.05) is 6.07 Å². The van der Waals surface area contributed by atoms with E-state index in [0.29, 0.717) is 11.3 Å². The summed E-state index contributed by atoms with van der Waals surface area (Å²) in [6.07, 6.45) is -0.863. The van der Waals surface area contributed by atoms with E-state index in [4.69, 9.17) is 9.47 Å². The molecule has 0 fully saturated rings. The molecule has 120 valence electrons. The molecule has 0 aromatic heterocycles. The number of benzene rings is 2. The maximum atomic E-state index is 12.4. The van der Waals surface area contributed by atoms with Crippen molar-refractivity contribution in [2.75, 3.05) is 19.5 Å². The van der Waals surface area contributed by atoms with E-state index in [1.54, 1.807) is 24.3 Å². The zero-order valence-corrected chi connectivity index (χ0v) is 12.7. The highest BCUT2D eigenvalue weighted by atomic mass is 16.6. The quantitative estimate of drug-likeness (QED) is 0.653. The Morgan fingerprint density at radius 3 is 2.43 bits per heavy atom. The summed E-state index contributed by atoms with van der Waals surface area (Å²) >= 11 is 0. The van der Waals surface area contributed by atoms with Crippen LogP contribution in [0.4, 0.5) is 11.4 Å². The highest BCUT2D eigenvalue weighted by Crippen LogP contribution is 2.30. The predicted octanol–water partition coefficient (Wildman–Crippen LogP) is 2.93. The molecule has 23 heavy (non-hydrogen) atoms. The Labute approximate surface area is 133 Å². The predicted molar refractivity (Wildman–Crippen MR) is 84.5 cm³/mol. The van der Waals surface area contributed by atoms with Gasteiger partial charge in [-0.3, -0.25) is 14.9 Å². The van der Waals surface area contributed by atoms with Crippen molar-refractivity contribution < 1.29 is 19.2 Å². The number of carbonyl (C=O) groups excluding carboxylic acids is 1. The van der Waals surface area contributed by atoms with Crippen LogP contribution in [0.5, 0.6) is 5.75 Å². The molecule has 0 radical (unpaired) electrons. The number of hydrogen-bond acceptors (Lipinski definition) is 5. The standard InChI is InChI=1S/C16H16N2O5/c1-22-12-8-9-13(14(10-12)18(20)21)17-16(19)15(23-2)11-6-4-3-5-7-11/h3-10,15H,1-2H3,(H,17,19)/t15-/m1/s1. The van der Waals surface area contributed by atoms with Crippen LogP contribution in [0.15, 0.2) is 48.5 Å². The molecule has 0 unspecified atom stereocenters. The first-order valence-corrected chi connectivity index (χ1v) is 6.78. The van der Waals surface area contributed by atoms with Gasteiger partial charge in [0.15, 0.2) is 6.10 Å². The monoisotopic (exact) mass is 316 g/mol. The van der Waals surface area contributed by atoms with Gasteiger partial charge in [-0.05, 0) is 17.7 Å². The fourth-order valence-corrected chi connectivity index (χ4v) is 2.12. The van der Waals surface area contributed by atoms with E-state index >= 15 is 0 Å². The Bertz CT molecular complexity index is 703. The molecule has 7 heteroatoms. The number of nitrogens with one attached hydrogen (secondary N) is 1. The summed E-state index contributed by atoms with van der Waals surface area (Å²) in [6, 6.07) is 13.1. The summed E-state index contributed by atoms with van der Waals surface area (Å²) in [6.45, 7) is 0. The van der Waals surface area contributed by atoms with Crippen molar-refractivity contribution in [2.24, 2.45) is 0 Å². The Hall–Kier alpha value is -2.93. The molecule has 2 aromatic carbocycles. The molecule has 1 N–H and O–H groups in total. The van der Waals surface area contributed by atoms with E-state index in [2.05, 4.69) is 5.32 Å². The molecule has 0 bridgehead atoms. The van der Waals surface area contributed by atoms with Crippen molar-refractivity contribution in [1.29, 1.82) is 0 Å². The highest BCUT2D eigenvalue weighted by molar-refractivity contribution is 5.96. The molecule has 2 rings (SSSR count). The largest absolute Gasteiger partial charge is 0.496 e. The van der Waals surface area contributed by atoms with E-state index < -0.39 is 16.9 Å². The zero-order valence-electron chi connectivity index (χ0n) is 12.7. The number of nitro benzene ring substituents is 1. The first-order chi connectivity index (χ1) is 11.1. The molecule has 0 spiro atoms. The van der Waals surface area contributed by atoms with Crippen LogP contribution in [0.3, 0.4) is 0 Å². The number of ether oxygens (including phenoxy) is 2. The molecule has 0 aliphatic rings. The van der Waals surface area contributed by atoms with Crippen LogP contribution in [0.1, 0.15) is 11.7 Å². The average Bonchev–Trinajstić information content (AvgIpc) is 2.56. The minimum atomic E-state index is -0.863. The summed E-state index contributed by atoms with van der Waals surface area (Å²) in [4.78, 5) is 23.0. The molecular formula is C16H16N2O5. The highest BCUT2D eigenvalue weighted by Gasteiger charge is 2.23. The number of amides is 1. The third-order valence-electron chi connectivity index (χ3n) is 3.24. The van der Waals surface area contributed by atoms with Gasteiger partial charge in [0.25, 0.3) is 11.6 Å². The fourth-order valence-electron chi connectivity index (χ4n) is 2.12. The Balaban J connectivity index is 2.27. The van der Waals surface area contributed by atoms with Crippen molar-refractivity contribution in [1.82, 2.24) is 0 Å². The lowest BCUT2D eigenvalue weighted by Gasteiger charge is -2.15. The van der Waals surface area contributed by atoms with Gasteiger partial charge in [-0.1, -0.05) is 30.3 Å². The van der Waals surface area contributed by atoms with Crippen LogP contribution in [0.25, 0.3) is 0 Å². The second kappa shape index (κ2) is 7.37. The van der Waals surface area contributed by atoms with Crippen molar-refractivity contribution in [2.45, 2.75) is 6.10 Å². The average molecular weight is 316 g/mol. The molecule has 7 nitrogen and oxygen atoms in total. The normalized spacial score (nSPS) is 11.6. The van der Waals surface area contributed by atoms with E-state index in [-0.39, 0.29) is 11.4 Å². The van der Waals surface area contributed by atoms with Crippen LogP contribution in [-0.4, -0.2) is 25.1 Å². The zero-order chi connectivity index (χ0) is 16.8. The Morgan fingerprint density at radius 1 is 1.17 bits per heavy atom. The number of methoxy groups -OCH3 is 2. The lowest BCUT2D eigenvalue weighted by molar-refractivity contribution is -0.384. The minimum Gasteiger partial charge on any atom is -0.496 e. The van der Waals surface area contributed by atoms with Gasteiger partial charge in [-0.2, -0.15) is 0 Å². The fraction of sp³-hybridized carbons (Fsp3) is 0.188. The number of hydrogen-bond donors (Lipinski definition) is 1. The molecule has 1 atom stereocenters. The first-order valence-electron chi connectivity index (χ1n) is 6.78. The molecule has 1 amide bonds. The minimum absolute atomic E-state index is 0.0822. The van der Waals surface area contributed by atoms with Crippen LogP contribution < -0.4 is 10.1 Å². The van der Waals surface area contributed by atoms with Gasteiger partial charge in [-0.15, -0.1) is 0 Å². The first kappa shape index (κ1) is 16.4. The van der Waals surface area contributed by atoms with E-state index in [1.165, 1.54) is 32.4 Å². The Kier molecular flexibility index (Phi) is 5.27. The number of nitrogens with zero attached hydrogens (tertiary/aromatic N) is 1. The van der Waals surface area contributed by atoms with E-state index in [0.717, 1.165) is 0 Å². The van der Waals surface area contributed by atoms with Crippen LogP contribution in [0, 0.1) is 10.1 Å². The van der Waals surface area contributed by atoms with Crippen molar-refractivity contribution in [3.8, 4) is 5.75 Å². The van der Waals surface area contributed by atoms with Crippen LogP contribution >= 0.6 is 0 Å². The summed E-state index contributed by atoms with van der Waals surface area (Å²) in [5, 5.41) is 13.7. The lowest BCUT2D eigenvalue weighted by atomic mass is 10.1. The van der Waals surface area contributed by atoms with Gasteiger partial charge in [-0.25, -0.2) is 0 Å². The Morgan fingerprint density at radius 2 is 1.87 bits per heavy atom. The van der Waals surface area contributed by atoms with Gasteiger partial charge in [0.05, 0.1) is 18.1 Å². The summed E-state index contributed by atoms with van der Waals surface area (Å²) in [7, 11) is 2.81. The summed E-state index contributed by atoms with van der Waals surface area (Å²) in [5.74, 6) is -0.159. The van der Waals surface area contributed by atoms with Gasteiger partial charge in [0.2, 0.25) is 0 Å². The smallest absolute Gasteiger partial charge is 0.296 e. The number of nitro groups is 1. The molecule has 2 aromatic rings. The number of carbonyl (C=O) groups is 1. The molecule has 0 heterocycles. The van der Waals surface area contributed by atoms with Gasteiger partial charge >= 0.3 is 0 Å². The van der Waals surface area contributed by atoms with Gasteiger partial charge < -0.3 is 14.8 Å². The maximum absolute atomic E-state index is 12.4. The summed E-state index contributed by atoms with van der Waals surface area (Å²) in [5.41, 5.74) is 0.489. The SMILES string of the molecule is COc1ccc(NC(=O)[C@H](OC)c2ccccc2)c([N+](=O)[O-])c1. The van der Waals surface area contributed by atoms with Crippen molar-refractivity contribution in [3.05, 3.63) is 64.2 Å². The van der Waals surface area contributed by atoms with Crippen molar-refractivity contribution in [3.63, 3.8) is 0 Å². The van der Waals surface area contributed by atoms with Crippen molar-refractivity contribution >= 4 is 17.3 Å².